The second kappa shape index (κ2) is 29.7. The minimum Gasteiger partial charge on any atom is -0.462 e. The monoisotopic (exact) mass is 563 g/mol. The van der Waals surface area contributed by atoms with Crippen LogP contribution in [0.3, 0.4) is 0 Å². The lowest BCUT2D eigenvalue weighted by Gasteiger charge is -2.17. The van der Waals surface area contributed by atoms with E-state index in [4.69, 9.17) is 4.74 Å². The predicted octanol–water partition coefficient (Wildman–Crippen LogP) is 13.2. The minimum atomic E-state index is -0.218. The van der Waals surface area contributed by atoms with Crippen LogP contribution >= 0.6 is 0 Å². The third-order valence-corrected chi connectivity index (χ3v) is 9.02. The van der Waals surface area contributed by atoms with Crippen molar-refractivity contribution in [2.24, 2.45) is 17.8 Å². The van der Waals surface area contributed by atoms with Gasteiger partial charge in [-0.3, -0.25) is 0 Å². The van der Waals surface area contributed by atoms with Crippen molar-refractivity contribution in [3.8, 4) is 0 Å². The summed E-state index contributed by atoms with van der Waals surface area (Å²) >= 11 is 0. The molecule has 2 heteroatoms. The highest BCUT2D eigenvalue weighted by Gasteiger charge is 2.13. The van der Waals surface area contributed by atoms with Crippen molar-refractivity contribution in [1.82, 2.24) is 0 Å². The van der Waals surface area contributed by atoms with Crippen LogP contribution in [0.4, 0.5) is 0 Å². The first-order chi connectivity index (χ1) is 19.4. The molecule has 0 aliphatic rings. The van der Waals surface area contributed by atoms with Crippen molar-refractivity contribution in [2.45, 2.75) is 202 Å². The molecule has 0 amide bonds. The molecule has 2 nitrogen and oxygen atoms in total. The third kappa shape index (κ3) is 27.4. The van der Waals surface area contributed by atoms with Crippen LogP contribution < -0.4 is 0 Å². The van der Waals surface area contributed by atoms with Crippen LogP contribution in [0, 0.1) is 17.8 Å². The van der Waals surface area contributed by atoms with Gasteiger partial charge in [-0.15, -0.1) is 0 Å². The molecule has 0 bridgehead atoms. The largest absolute Gasteiger partial charge is 0.462 e. The van der Waals surface area contributed by atoms with Crippen LogP contribution in [0.2, 0.25) is 0 Å². The van der Waals surface area contributed by atoms with Crippen LogP contribution in [-0.2, 0) is 9.53 Å². The summed E-state index contributed by atoms with van der Waals surface area (Å²) in [5, 5.41) is 0. The van der Waals surface area contributed by atoms with Crippen LogP contribution in [0.5, 0.6) is 0 Å². The van der Waals surface area contributed by atoms with Gasteiger partial charge in [-0.25, -0.2) is 4.79 Å². The van der Waals surface area contributed by atoms with Crippen molar-refractivity contribution in [3.05, 3.63) is 12.2 Å². The van der Waals surface area contributed by atoms with Crippen molar-refractivity contribution in [3.63, 3.8) is 0 Å². The highest BCUT2D eigenvalue weighted by Crippen LogP contribution is 2.22. The molecule has 3 atom stereocenters. The number of ether oxygens (including phenoxy) is 1. The lowest BCUT2D eigenvalue weighted by molar-refractivity contribution is -0.140. The van der Waals surface area contributed by atoms with Crippen LogP contribution in [-0.4, -0.2) is 12.6 Å². The summed E-state index contributed by atoms with van der Waals surface area (Å²) < 4.78 is 5.57. The van der Waals surface area contributed by atoms with Gasteiger partial charge in [-0.2, -0.15) is 0 Å². The summed E-state index contributed by atoms with van der Waals surface area (Å²) in [6.07, 6.45) is 35.6. The van der Waals surface area contributed by atoms with E-state index >= 15 is 0 Å². The van der Waals surface area contributed by atoms with Gasteiger partial charge in [0.25, 0.3) is 0 Å². The minimum absolute atomic E-state index is 0.218. The SMILES string of the molecule is C=C(C)C(=O)OCC(CCCCCCCCCCCC(C)CCCC)CCCCCCCCCC(C)CCCC. The molecule has 40 heavy (non-hydrogen) atoms. The fraction of sp³-hybridized carbons (Fsp3) is 0.921. The Morgan fingerprint density at radius 1 is 0.525 bits per heavy atom. The average Bonchev–Trinajstić information content (AvgIpc) is 2.94. The van der Waals surface area contributed by atoms with Gasteiger partial charge in [0.05, 0.1) is 6.61 Å². The van der Waals surface area contributed by atoms with Crippen molar-refractivity contribution < 1.29 is 9.53 Å². The Balaban J connectivity index is 3.87. The van der Waals surface area contributed by atoms with E-state index in [9.17, 15) is 4.79 Å². The first-order valence-electron chi connectivity index (χ1n) is 18.2. The fourth-order valence-corrected chi connectivity index (χ4v) is 5.99. The van der Waals surface area contributed by atoms with Crippen LogP contribution in [0.1, 0.15) is 202 Å². The molecule has 0 aromatic rings. The van der Waals surface area contributed by atoms with E-state index in [1.54, 1.807) is 6.92 Å². The molecule has 0 aliphatic heterocycles. The Labute approximate surface area is 253 Å². The Hall–Kier alpha value is -0.790. The first kappa shape index (κ1) is 39.2. The van der Waals surface area contributed by atoms with Gasteiger partial charge in [-0.05, 0) is 37.5 Å². The summed E-state index contributed by atoms with van der Waals surface area (Å²) in [5.41, 5.74) is 0.518. The molecule has 0 saturated carbocycles. The summed E-state index contributed by atoms with van der Waals surface area (Å²) in [7, 11) is 0. The first-order valence-corrected chi connectivity index (χ1v) is 18.2. The van der Waals surface area contributed by atoms with Crippen LogP contribution in [0.15, 0.2) is 12.2 Å². The molecule has 238 valence electrons. The molecule has 0 spiro atoms. The average molecular weight is 563 g/mol. The van der Waals surface area contributed by atoms with E-state index in [2.05, 4.69) is 34.3 Å². The fourth-order valence-electron chi connectivity index (χ4n) is 5.99. The Kier molecular flexibility index (Phi) is 29.1. The molecule has 0 radical (unpaired) electrons. The number of unbranched alkanes of at least 4 members (excludes halogenated alkanes) is 16. The summed E-state index contributed by atoms with van der Waals surface area (Å²) in [6.45, 7) is 15.5. The van der Waals surface area contributed by atoms with Crippen molar-refractivity contribution >= 4 is 5.97 Å². The number of esters is 1. The summed E-state index contributed by atoms with van der Waals surface area (Å²) in [4.78, 5) is 11.9. The number of rotatable bonds is 31. The highest BCUT2D eigenvalue weighted by atomic mass is 16.5. The second-order valence-electron chi connectivity index (χ2n) is 13.6. The van der Waals surface area contributed by atoms with E-state index in [-0.39, 0.29) is 5.97 Å². The molecule has 0 aromatic heterocycles. The quantitative estimate of drug-likeness (QED) is 0.0477. The van der Waals surface area contributed by atoms with Gasteiger partial charge in [0.2, 0.25) is 0 Å². The van der Waals surface area contributed by atoms with E-state index in [0.717, 1.165) is 11.8 Å². The van der Waals surface area contributed by atoms with Gasteiger partial charge >= 0.3 is 5.97 Å². The van der Waals surface area contributed by atoms with Crippen molar-refractivity contribution in [2.75, 3.05) is 6.61 Å². The molecule has 0 rings (SSSR count). The normalized spacial score (nSPS) is 13.7. The number of carbonyl (C=O) groups excluding carboxylic acids is 1. The zero-order chi connectivity index (χ0) is 29.7. The van der Waals surface area contributed by atoms with Crippen LogP contribution in [0.25, 0.3) is 0 Å². The maximum absolute atomic E-state index is 11.9. The molecule has 0 saturated heterocycles. The smallest absolute Gasteiger partial charge is 0.333 e. The van der Waals surface area contributed by atoms with Gasteiger partial charge in [0.15, 0.2) is 0 Å². The maximum atomic E-state index is 11.9. The molecular weight excluding hydrogens is 488 g/mol. The molecule has 3 unspecified atom stereocenters. The molecular formula is C38H74O2. The zero-order valence-electron chi connectivity index (χ0n) is 28.3. The molecule has 0 heterocycles. The van der Waals surface area contributed by atoms with Gasteiger partial charge < -0.3 is 4.74 Å². The van der Waals surface area contributed by atoms with E-state index in [0.29, 0.717) is 18.1 Å². The number of carbonyl (C=O) groups is 1. The summed E-state index contributed by atoms with van der Waals surface area (Å²) in [6, 6.07) is 0. The lowest BCUT2D eigenvalue weighted by atomic mass is 9.94. The predicted molar refractivity (Wildman–Crippen MR) is 179 cm³/mol. The zero-order valence-corrected chi connectivity index (χ0v) is 28.3. The Morgan fingerprint density at radius 3 is 1.15 bits per heavy atom. The van der Waals surface area contributed by atoms with Gasteiger partial charge in [-0.1, -0.05) is 188 Å². The number of hydrogen-bond acceptors (Lipinski definition) is 2. The molecule has 0 fully saturated rings. The standard InChI is InChI=1S/C38H74O2/c1-7-9-27-35(5)29-23-19-15-12-11-13-17-21-25-31-37(33-40-38(39)34(3)4)32-26-22-18-14-16-20-24-30-36(6)28-10-8-2/h35-37H,3,7-33H2,1-2,4-6H3. The molecule has 0 N–H and O–H groups in total. The van der Waals surface area contributed by atoms with Gasteiger partial charge in [0, 0.05) is 5.57 Å². The summed E-state index contributed by atoms with van der Waals surface area (Å²) in [5.74, 6) is 2.15. The van der Waals surface area contributed by atoms with E-state index in [1.165, 1.54) is 167 Å². The lowest BCUT2D eigenvalue weighted by Crippen LogP contribution is -2.15. The Bertz CT molecular complexity index is 554. The molecule has 0 aliphatic carbocycles. The van der Waals surface area contributed by atoms with E-state index < -0.39 is 0 Å². The number of hydrogen-bond donors (Lipinski definition) is 0. The maximum Gasteiger partial charge on any atom is 0.333 e. The Morgan fingerprint density at radius 2 is 0.825 bits per heavy atom. The van der Waals surface area contributed by atoms with Gasteiger partial charge in [0.1, 0.15) is 0 Å². The second-order valence-corrected chi connectivity index (χ2v) is 13.6. The topological polar surface area (TPSA) is 26.3 Å². The third-order valence-electron chi connectivity index (χ3n) is 9.02. The highest BCUT2D eigenvalue weighted by molar-refractivity contribution is 5.86. The van der Waals surface area contributed by atoms with Crippen molar-refractivity contribution in [1.29, 1.82) is 0 Å². The van der Waals surface area contributed by atoms with E-state index in [1.807, 2.05) is 0 Å². The molecule has 0 aromatic carbocycles.